The molecule has 0 radical (unpaired) electrons. The summed E-state index contributed by atoms with van der Waals surface area (Å²) in [6, 6.07) is 13.0. The predicted octanol–water partition coefficient (Wildman–Crippen LogP) is 3.45. The maximum atomic E-state index is 12.6. The van der Waals surface area contributed by atoms with Gasteiger partial charge >= 0.3 is 0 Å². The molecular weight excluding hydrogens is 446 g/mol. The van der Waals surface area contributed by atoms with Gasteiger partial charge in [0.1, 0.15) is 0 Å². The van der Waals surface area contributed by atoms with Crippen LogP contribution in [0.25, 0.3) is 6.08 Å². The monoisotopic (exact) mass is 469 g/mol. The number of rotatable bonds is 6. The van der Waals surface area contributed by atoms with E-state index in [9.17, 15) is 19.2 Å². The van der Waals surface area contributed by atoms with Crippen LogP contribution < -0.4 is 5.32 Å². The number of carbonyl (C=O) groups excluding carboxylic acids is 4. The second kappa shape index (κ2) is 10.1. The van der Waals surface area contributed by atoms with E-state index < -0.39 is 0 Å². The fourth-order valence-corrected chi connectivity index (χ4v) is 5.29. The normalized spacial score (nSPS) is 18.4. The number of likely N-dealkylation sites (tertiary alicyclic amines) is 1. The smallest absolute Gasteiger partial charge is 0.293 e. The topological polar surface area (TPSA) is 86.8 Å². The lowest BCUT2D eigenvalue weighted by Crippen LogP contribution is -2.44. The molecule has 1 N–H and O–H groups in total. The van der Waals surface area contributed by atoms with E-state index in [0.29, 0.717) is 35.7 Å². The summed E-state index contributed by atoms with van der Waals surface area (Å²) in [6.45, 7) is 1.44. The molecule has 0 spiro atoms. The van der Waals surface area contributed by atoms with Crippen molar-refractivity contribution in [1.29, 1.82) is 0 Å². The van der Waals surface area contributed by atoms with E-state index in [1.54, 1.807) is 11.0 Å². The number of nitrogens with one attached hydrogen (secondary N) is 1. The van der Waals surface area contributed by atoms with Crippen molar-refractivity contribution < 1.29 is 19.2 Å². The van der Waals surface area contributed by atoms with Crippen LogP contribution in [-0.4, -0.2) is 58.9 Å². The molecule has 2 saturated heterocycles. The van der Waals surface area contributed by atoms with E-state index in [1.807, 2.05) is 47.8 Å². The SMILES string of the molecule is O=C(NCCN1C(=O)S/C(=C\c2ccccc2)C1=O)C1CCN(C(=O)c2cccs2)CC1. The zero-order valence-electron chi connectivity index (χ0n) is 17.4. The van der Waals surface area contributed by atoms with Gasteiger partial charge in [0.2, 0.25) is 5.91 Å². The van der Waals surface area contributed by atoms with Gasteiger partial charge in [-0.05, 0) is 47.7 Å². The number of thioether (sulfide) groups is 1. The number of carbonyl (C=O) groups is 4. The third-order valence-electron chi connectivity index (χ3n) is 5.49. The first-order chi connectivity index (χ1) is 15.5. The maximum absolute atomic E-state index is 12.6. The van der Waals surface area contributed by atoms with Gasteiger partial charge in [0.25, 0.3) is 17.1 Å². The number of hydrogen-bond acceptors (Lipinski definition) is 6. The van der Waals surface area contributed by atoms with Crippen LogP contribution in [-0.2, 0) is 9.59 Å². The molecule has 0 unspecified atom stereocenters. The van der Waals surface area contributed by atoms with Crippen molar-refractivity contribution in [2.75, 3.05) is 26.2 Å². The Bertz CT molecular complexity index is 1030. The number of imide groups is 1. The van der Waals surface area contributed by atoms with Gasteiger partial charge in [-0.3, -0.25) is 24.1 Å². The minimum Gasteiger partial charge on any atom is -0.354 e. The van der Waals surface area contributed by atoms with E-state index in [0.717, 1.165) is 17.3 Å². The van der Waals surface area contributed by atoms with Crippen molar-refractivity contribution in [2.45, 2.75) is 12.8 Å². The third kappa shape index (κ3) is 5.11. The number of nitrogens with zero attached hydrogens (tertiary/aromatic N) is 2. The van der Waals surface area contributed by atoms with Crippen LogP contribution >= 0.6 is 23.1 Å². The second-order valence-corrected chi connectivity index (χ2v) is 9.52. The van der Waals surface area contributed by atoms with Gasteiger partial charge in [0.15, 0.2) is 0 Å². The lowest BCUT2D eigenvalue weighted by atomic mass is 9.96. The lowest BCUT2D eigenvalue weighted by Gasteiger charge is -2.31. The van der Waals surface area contributed by atoms with Gasteiger partial charge < -0.3 is 10.2 Å². The molecule has 0 bridgehead atoms. The summed E-state index contributed by atoms with van der Waals surface area (Å²) in [7, 11) is 0. The minimum absolute atomic E-state index is 0.0155. The molecule has 4 rings (SSSR count). The predicted molar refractivity (Wildman–Crippen MR) is 125 cm³/mol. The Labute approximate surface area is 194 Å². The third-order valence-corrected chi connectivity index (χ3v) is 7.26. The number of benzene rings is 1. The average molecular weight is 470 g/mol. The van der Waals surface area contributed by atoms with E-state index in [1.165, 1.54) is 16.2 Å². The quantitative estimate of drug-likeness (QED) is 0.655. The highest BCUT2D eigenvalue weighted by atomic mass is 32.2. The van der Waals surface area contributed by atoms with E-state index >= 15 is 0 Å². The molecule has 0 saturated carbocycles. The van der Waals surface area contributed by atoms with Crippen molar-refractivity contribution in [3.05, 3.63) is 63.2 Å². The van der Waals surface area contributed by atoms with Crippen LogP contribution in [0.1, 0.15) is 28.1 Å². The molecule has 7 nitrogen and oxygen atoms in total. The molecule has 2 aliphatic heterocycles. The summed E-state index contributed by atoms with van der Waals surface area (Å²) in [5.74, 6) is -0.587. The summed E-state index contributed by atoms with van der Waals surface area (Å²) >= 11 is 2.33. The molecule has 32 heavy (non-hydrogen) atoms. The van der Waals surface area contributed by atoms with Gasteiger partial charge in [-0.1, -0.05) is 36.4 Å². The van der Waals surface area contributed by atoms with Crippen molar-refractivity contribution in [2.24, 2.45) is 5.92 Å². The summed E-state index contributed by atoms with van der Waals surface area (Å²) in [5, 5.41) is 4.39. The van der Waals surface area contributed by atoms with E-state index in [4.69, 9.17) is 0 Å². The highest BCUT2D eigenvalue weighted by Gasteiger charge is 2.35. The van der Waals surface area contributed by atoms with Crippen LogP contribution in [0, 0.1) is 5.92 Å². The zero-order valence-corrected chi connectivity index (χ0v) is 19.0. The molecule has 2 aromatic rings. The Kier molecular flexibility index (Phi) is 7.06. The Morgan fingerprint density at radius 2 is 1.81 bits per heavy atom. The molecule has 2 aliphatic rings. The van der Waals surface area contributed by atoms with Crippen LogP contribution in [0.3, 0.4) is 0 Å². The molecule has 3 heterocycles. The van der Waals surface area contributed by atoms with Crippen LogP contribution in [0.4, 0.5) is 4.79 Å². The molecule has 4 amide bonds. The molecule has 0 atom stereocenters. The number of thiophene rings is 1. The summed E-state index contributed by atoms with van der Waals surface area (Å²) in [5.41, 5.74) is 0.857. The van der Waals surface area contributed by atoms with Gasteiger partial charge in [-0.2, -0.15) is 0 Å². The van der Waals surface area contributed by atoms with Crippen molar-refractivity contribution in [1.82, 2.24) is 15.1 Å². The standard InChI is InChI=1S/C23H23N3O4S2/c27-20(17-8-11-25(12-9-17)21(28)18-7-4-14-31-18)24-10-13-26-22(29)19(32-23(26)30)15-16-5-2-1-3-6-16/h1-7,14-15,17H,8-13H2,(H,24,27)/b19-15-. The molecule has 1 aromatic heterocycles. The Balaban J connectivity index is 1.23. The Hall–Kier alpha value is -2.91. The zero-order chi connectivity index (χ0) is 22.5. The molecule has 0 aliphatic carbocycles. The number of amides is 4. The first kappa shape index (κ1) is 22.3. The van der Waals surface area contributed by atoms with Gasteiger partial charge in [0, 0.05) is 32.1 Å². The highest BCUT2D eigenvalue weighted by Crippen LogP contribution is 2.31. The second-order valence-electron chi connectivity index (χ2n) is 7.58. The summed E-state index contributed by atoms with van der Waals surface area (Å²) in [4.78, 5) is 53.8. The van der Waals surface area contributed by atoms with E-state index in [2.05, 4.69) is 5.32 Å². The molecule has 166 valence electrons. The molecule has 2 fully saturated rings. The summed E-state index contributed by atoms with van der Waals surface area (Å²) < 4.78 is 0. The maximum Gasteiger partial charge on any atom is 0.293 e. The van der Waals surface area contributed by atoms with Crippen molar-refractivity contribution in [3.8, 4) is 0 Å². The number of hydrogen-bond donors (Lipinski definition) is 1. The van der Waals surface area contributed by atoms with Crippen LogP contribution in [0.5, 0.6) is 0 Å². The van der Waals surface area contributed by atoms with Gasteiger partial charge in [0.05, 0.1) is 9.78 Å². The fraction of sp³-hybridized carbons (Fsp3) is 0.304. The Morgan fingerprint density at radius 1 is 1.06 bits per heavy atom. The molecular formula is C23H23N3O4S2. The van der Waals surface area contributed by atoms with Crippen molar-refractivity contribution in [3.63, 3.8) is 0 Å². The average Bonchev–Trinajstić information content (AvgIpc) is 3.44. The first-order valence-corrected chi connectivity index (χ1v) is 12.1. The molecule has 9 heteroatoms. The summed E-state index contributed by atoms with van der Waals surface area (Å²) in [6.07, 6.45) is 2.91. The Morgan fingerprint density at radius 3 is 2.50 bits per heavy atom. The fourth-order valence-electron chi connectivity index (χ4n) is 3.73. The number of piperidine rings is 1. The first-order valence-electron chi connectivity index (χ1n) is 10.4. The minimum atomic E-state index is -0.335. The largest absolute Gasteiger partial charge is 0.354 e. The van der Waals surface area contributed by atoms with Crippen LogP contribution in [0.15, 0.2) is 52.7 Å². The van der Waals surface area contributed by atoms with Crippen molar-refractivity contribution >= 4 is 52.1 Å². The van der Waals surface area contributed by atoms with Crippen LogP contribution in [0.2, 0.25) is 0 Å². The van der Waals surface area contributed by atoms with E-state index in [-0.39, 0.29) is 42.0 Å². The highest BCUT2D eigenvalue weighted by molar-refractivity contribution is 8.18. The molecule has 1 aromatic carbocycles. The van der Waals surface area contributed by atoms with Gasteiger partial charge in [-0.25, -0.2) is 0 Å². The van der Waals surface area contributed by atoms with Gasteiger partial charge in [-0.15, -0.1) is 11.3 Å². The lowest BCUT2D eigenvalue weighted by molar-refractivity contribution is -0.127.